The van der Waals surface area contributed by atoms with Crippen LogP contribution in [0.1, 0.15) is 27.7 Å². The monoisotopic (exact) mass is 434 g/mol. The van der Waals surface area contributed by atoms with Crippen LogP contribution in [-0.4, -0.2) is 38.5 Å². The minimum absolute atomic E-state index is 0.0839. The summed E-state index contributed by atoms with van der Waals surface area (Å²) in [5, 5.41) is 2.58. The molecule has 0 aliphatic rings. The minimum Gasteiger partial charge on any atom is -0.479 e. The van der Waals surface area contributed by atoms with Crippen molar-refractivity contribution in [3.05, 3.63) is 54.6 Å². The number of nitrogens with one attached hydrogen (secondary N) is 2. The van der Waals surface area contributed by atoms with E-state index in [4.69, 9.17) is 9.47 Å². The van der Waals surface area contributed by atoms with E-state index in [1.165, 1.54) is 38.1 Å². The van der Waals surface area contributed by atoms with E-state index in [2.05, 4.69) is 10.0 Å². The summed E-state index contributed by atoms with van der Waals surface area (Å²) in [4.78, 5) is 24.5. The van der Waals surface area contributed by atoms with Crippen LogP contribution < -0.4 is 14.8 Å². The van der Waals surface area contributed by atoms with Gasteiger partial charge < -0.3 is 14.8 Å². The maximum absolute atomic E-state index is 12.3. The first kappa shape index (κ1) is 23.4. The van der Waals surface area contributed by atoms with E-state index in [0.29, 0.717) is 11.4 Å². The van der Waals surface area contributed by atoms with Crippen LogP contribution in [0, 0.1) is 0 Å². The van der Waals surface area contributed by atoms with E-state index in [0.717, 1.165) is 0 Å². The fourth-order valence-corrected chi connectivity index (χ4v) is 3.67. The van der Waals surface area contributed by atoms with Gasteiger partial charge in [0.1, 0.15) is 5.75 Å². The van der Waals surface area contributed by atoms with E-state index in [1.54, 1.807) is 38.1 Å². The third-order valence-corrected chi connectivity index (χ3v) is 5.55. The Kier molecular flexibility index (Phi) is 7.96. The molecule has 9 heteroatoms. The maximum atomic E-state index is 12.3. The average Bonchev–Trinajstić information content (AvgIpc) is 2.68. The maximum Gasteiger partial charge on any atom is 0.347 e. The quantitative estimate of drug-likeness (QED) is 0.587. The molecule has 0 radical (unpaired) electrons. The molecular formula is C21H26N2O6S. The molecule has 2 unspecified atom stereocenters. The van der Waals surface area contributed by atoms with Crippen LogP contribution in [0.4, 0.5) is 5.69 Å². The second-order valence-electron chi connectivity index (χ2n) is 6.94. The van der Waals surface area contributed by atoms with Gasteiger partial charge in [0.25, 0.3) is 5.91 Å². The van der Waals surface area contributed by atoms with E-state index in [9.17, 15) is 18.0 Å². The summed E-state index contributed by atoms with van der Waals surface area (Å²) in [6, 6.07) is 14.2. The molecule has 0 aromatic heterocycles. The van der Waals surface area contributed by atoms with Gasteiger partial charge in [-0.1, -0.05) is 18.2 Å². The number of amides is 1. The van der Waals surface area contributed by atoms with Crippen molar-refractivity contribution in [2.75, 3.05) is 5.32 Å². The third-order valence-electron chi connectivity index (χ3n) is 3.87. The molecule has 2 aromatic rings. The highest BCUT2D eigenvalue weighted by molar-refractivity contribution is 7.89. The second kappa shape index (κ2) is 10.2. The Labute approximate surface area is 176 Å². The number of ether oxygens (including phenoxy) is 2. The first-order valence-electron chi connectivity index (χ1n) is 9.44. The van der Waals surface area contributed by atoms with Crippen molar-refractivity contribution < 1.29 is 27.5 Å². The molecular weight excluding hydrogens is 408 g/mol. The summed E-state index contributed by atoms with van der Waals surface area (Å²) in [5.74, 6) is -0.713. The lowest BCUT2D eigenvalue weighted by Gasteiger charge is -2.18. The topological polar surface area (TPSA) is 111 Å². The third kappa shape index (κ3) is 6.85. The van der Waals surface area contributed by atoms with Gasteiger partial charge in [0.05, 0.1) is 4.90 Å². The number of rotatable bonds is 9. The summed E-state index contributed by atoms with van der Waals surface area (Å²) in [6.07, 6.45) is -1.95. The Balaban J connectivity index is 1.91. The predicted molar refractivity (Wildman–Crippen MR) is 113 cm³/mol. The number of carbonyl (C=O) groups excluding carboxylic acids is 2. The molecule has 2 N–H and O–H groups in total. The van der Waals surface area contributed by atoms with Gasteiger partial charge in [-0.15, -0.1) is 0 Å². The van der Waals surface area contributed by atoms with Crippen molar-refractivity contribution in [1.82, 2.24) is 4.72 Å². The molecule has 1 amide bonds. The van der Waals surface area contributed by atoms with Crippen molar-refractivity contribution in [3.63, 3.8) is 0 Å². The van der Waals surface area contributed by atoms with Crippen molar-refractivity contribution >= 4 is 27.6 Å². The Morgan fingerprint density at radius 3 is 2.03 bits per heavy atom. The Bertz CT molecular complexity index is 959. The largest absolute Gasteiger partial charge is 0.479 e. The van der Waals surface area contributed by atoms with Gasteiger partial charge in [0, 0.05) is 11.7 Å². The SMILES string of the molecule is CC(C)NS(=O)(=O)c1ccc(NC(=O)C(C)OC(=O)C(C)Oc2ccccc2)cc1. The van der Waals surface area contributed by atoms with Gasteiger partial charge >= 0.3 is 5.97 Å². The molecule has 0 fully saturated rings. The van der Waals surface area contributed by atoms with Gasteiger partial charge in [0.15, 0.2) is 12.2 Å². The minimum atomic E-state index is -3.62. The molecule has 2 aromatic carbocycles. The highest BCUT2D eigenvalue weighted by Gasteiger charge is 2.23. The van der Waals surface area contributed by atoms with Gasteiger partial charge in [-0.05, 0) is 64.1 Å². The van der Waals surface area contributed by atoms with Crippen molar-refractivity contribution in [2.45, 2.75) is 50.8 Å². The number of esters is 1. The zero-order valence-corrected chi connectivity index (χ0v) is 18.1. The van der Waals surface area contributed by atoms with E-state index >= 15 is 0 Å². The summed E-state index contributed by atoms with van der Waals surface area (Å²) >= 11 is 0. The Morgan fingerprint density at radius 1 is 0.867 bits per heavy atom. The van der Waals surface area contributed by atoms with Gasteiger partial charge in [-0.2, -0.15) is 0 Å². The van der Waals surface area contributed by atoms with Crippen LogP contribution >= 0.6 is 0 Å². The van der Waals surface area contributed by atoms with E-state index in [1.807, 2.05) is 6.07 Å². The first-order valence-corrected chi connectivity index (χ1v) is 10.9. The molecule has 0 heterocycles. The fraction of sp³-hybridized carbons (Fsp3) is 0.333. The molecule has 0 aliphatic carbocycles. The first-order chi connectivity index (χ1) is 14.1. The number of para-hydroxylation sites is 1. The molecule has 30 heavy (non-hydrogen) atoms. The van der Waals surface area contributed by atoms with Crippen LogP contribution in [0.3, 0.4) is 0 Å². The lowest BCUT2D eigenvalue weighted by atomic mass is 10.3. The number of sulfonamides is 1. The molecule has 2 atom stereocenters. The molecule has 0 spiro atoms. The molecule has 0 saturated carbocycles. The van der Waals surface area contributed by atoms with Crippen molar-refractivity contribution in [1.29, 1.82) is 0 Å². The summed E-state index contributed by atoms with van der Waals surface area (Å²) in [7, 11) is -3.62. The predicted octanol–water partition coefficient (Wildman–Crippen LogP) is 2.71. The Hall–Kier alpha value is -2.91. The fourth-order valence-electron chi connectivity index (χ4n) is 2.41. The zero-order chi connectivity index (χ0) is 22.3. The van der Waals surface area contributed by atoms with E-state index < -0.39 is 34.1 Å². The van der Waals surface area contributed by atoms with Gasteiger partial charge in [-0.3, -0.25) is 4.79 Å². The van der Waals surface area contributed by atoms with E-state index in [-0.39, 0.29) is 10.9 Å². The highest BCUT2D eigenvalue weighted by Crippen LogP contribution is 2.16. The zero-order valence-electron chi connectivity index (χ0n) is 17.3. The van der Waals surface area contributed by atoms with Crippen molar-refractivity contribution in [3.8, 4) is 5.75 Å². The number of carbonyl (C=O) groups is 2. The molecule has 0 aliphatic heterocycles. The van der Waals surface area contributed by atoms with Gasteiger partial charge in [-0.25, -0.2) is 17.9 Å². The highest BCUT2D eigenvalue weighted by atomic mass is 32.2. The van der Waals surface area contributed by atoms with Crippen LogP contribution in [0.5, 0.6) is 5.75 Å². The van der Waals surface area contributed by atoms with Crippen LogP contribution in [0.2, 0.25) is 0 Å². The van der Waals surface area contributed by atoms with Crippen LogP contribution in [-0.2, 0) is 24.3 Å². The second-order valence-corrected chi connectivity index (χ2v) is 8.66. The summed E-state index contributed by atoms with van der Waals surface area (Å²) in [5.41, 5.74) is 0.375. The molecule has 162 valence electrons. The lowest BCUT2D eigenvalue weighted by molar-refractivity contribution is -0.159. The lowest BCUT2D eigenvalue weighted by Crippen LogP contribution is -2.35. The molecule has 2 rings (SSSR count). The van der Waals surface area contributed by atoms with Crippen LogP contribution in [0.15, 0.2) is 59.5 Å². The average molecular weight is 435 g/mol. The normalized spacial score (nSPS) is 13.4. The number of benzene rings is 2. The summed E-state index contributed by atoms with van der Waals surface area (Å²) < 4.78 is 37.4. The van der Waals surface area contributed by atoms with Crippen molar-refractivity contribution in [2.24, 2.45) is 0 Å². The molecule has 0 bridgehead atoms. The number of hydrogen-bond acceptors (Lipinski definition) is 6. The number of anilines is 1. The van der Waals surface area contributed by atoms with Crippen LogP contribution in [0.25, 0.3) is 0 Å². The summed E-state index contributed by atoms with van der Waals surface area (Å²) in [6.45, 7) is 6.42. The molecule has 0 saturated heterocycles. The Morgan fingerprint density at radius 2 is 1.47 bits per heavy atom. The van der Waals surface area contributed by atoms with Gasteiger partial charge in [0.2, 0.25) is 10.0 Å². The number of hydrogen-bond donors (Lipinski definition) is 2. The smallest absolute Gasteiger partial charge is 0.347 e. The standard InChI is InChI=1S/C21H26N2O6S/c1-14(2)23-30(26,27)19-12-10-17(11-13-19)22-20(24)15(3)29-21(25)16(4)28-18-8-6-5-7-9-18/h5-16,23H,1-4H3,(H,22,24). The molecule has 8 nitrogen and oxygen atoms in total.